The van der Waals surface area contributed by atoms with Crippen molar-refractivity contribution in [1.29, 1.82) is 0 Å². The van der Waals surface area contributed by atoms with Crippen molar-refractivity contribution >= 4 is 28.5 Å². The van der Waals surface area contributed by atoms with Crippen LogP contribution in [-0.4, -0.2) is 12.8 Å². The molecule has 0 amide bonds. The van der Waals surface area contributed by atoms with Gasteiger partial charge < -0.3 is 0 Å². The van der Waals surface area contributed by atoms with E-state index in [0.717, 1.165) is 5.57 Å². The van der Waals surface area contributed by atoms with Crippen LogP contribution in [-0.2, 0) is 4.74 Å². The number of hydrogen-bond donors (Lipinski definition) is 0. The molecule has 3 heteroatoms. The van der Waals surface area contributed by atoms with E-state index in [-0.39, 0.29) is 5.66 Å². The first-order valence-electron chi connectivity index (χ1n) is 7.64. The molecule has 0 saturated carbocycles. The standard InChI is InChI=1S/C20H20ClOP/c1-22-16-17-10-8-9-15-20(17)23(21,18-11-4-2-5-12-18)19-13-6-3-7-14-19/h2-16,20,23H,1H3. The van der Waals surface area contributed by atoms with E-state index in [1.165, 1.54) is 10.6 Å². The molecular formula is C20H20ClOP. The van der Waals surface area contributed by atoms with E-state index in [0.29, 0.717) is 0 Å². The summed E-state index contributed by atoms with van der Waals surface area (Å²) < 4.78 is 5.29. The fraction of sp³-hybridized carbons (Fsp3) is 0.100. The van der Waals surface area contributed by atoms with Crippen molar-refractivity contribution in [1.82, 2.24) is 0 Å². The van der Waals surface area contributed by atoms with Gasteiger partial charge in [-0.15, -0.1) is 0 Å². The van der Waals surface area contributed by atoms with Crippen LogP contribution in [0.1, 0.15) is 0 Å². The zero-order valence-electron chi connectivity index (χ0n) is 13.0. The molecule has 0 heterocycles. The molecule has 1 aliphatic rings. The summed E-state index contributed by atoms with van der Waals surface area (Å²) in [6.45, 7) is -2.52. The zero-order valence-corrected chi connectivity index (χ0v) is 14.8. The van der Waals surface area contributed by atoms with Gasteiger partial charge in [-0.05, 0) is 0 Å². The maximum atomic E-state index is 7.46. The topological polar surface area (TPSA) is 9.23 Å². The molecule has 0 radical (unpaired) electrons. The van der Waals surface area contributed by atoms with E-state index in [4.69, 9.17) is 16.0 Å². The van der Waals surface area contributed by atoms with Crippen molar-refractivity contribution in [3.8, 4) is 0 Å². The number of allylic oxidation sites excluding steroid dienone is 5. The maximum absolute atomic E-state index is 7.46. The van der Waals surface area contributed by atoms with Gasteiger partial charge >= 0.3 is 143 Å². The summed E-state index contributed by atoms with van der Waals surface area (Å²) in [7, 11) is 1.68. The van der Waals surface area contributed by atoms with Gasteiger partial charge in [-0.1, -0.05) is 0 Å². The predicted octanol–water partition coefficient (Wildman–Crippen LogP) is 4.57. The second kappa shape index (κ2) is 7.17. The molecule has 0 N–H and O–H groups in total. The van der Waals surface area contributed by atoms with Crippen molar-refractivity contribution < 1.29 is 4.74 Å². The summed E-state index contributed by atoms with van der Waals surface area (Å²) in [4.78, 5) is 0. The van der Waals surface area contributed by atoms with Gasteiger partial charge in [0, 0.05) is 0 Å². The molecule has 0 saturated heterocycles. The molecular weight excluding hydrogens is 323 g/mol. The van der Waals surface area contributed by atoms with Crippen molar-refractivity contribution in [3.63, 3.8) is 0 Å². The first kappa shape index (κ1) is 16.1. The minimum atomic E-state index is -2.52. The van der Waals surface area contributed by atoms with Crippen LogP contribution in [0.4, 0.5) is 0 Å². The van der Waals surface area contributed by atoms with Crippen LogP contribution in [0.2, 0.25) is 0 Å². The van der Waals surface area contributed by atoms with Gasteiger partial charge in [0.05, 0.1) is 0 Å². The Morgan fingerprint density at radius 1 is 0.913 bits per heavy atom. The summed E-state index contributed by atoms with van der Waals surface area (Å²) in [6, 6.07) is 20.9. The van der Waals surface area contributed by atoms with Crippen molar-refractivity contribution in [2.45, 2.75) is 5.66 Å². The van der Waals surface area contributed by atoms with Gasteiger partial charge in [-0.3, -0.25) is 0 Å². The normalized spacial score (nSPS) is 19.7. The molecule has 0 aliphatic heterocycles. The van der Waals surface area contributed by atoms with Crippen LogP contribution in [0.3, 0.4) is 0 Å². The minimum absolute atomic E-state index is 0.124. The Bertz CT molecular complexity index is 695. The van der Waals surface area contributed by atoms with Gasteiger partial charge in [-0.2, -0.15) is 0 Å². The number of rotatable bonds is 4. The van der Waals surface area contributed by atoms with E-state index in [2.05, 4.69) is 66.8 Å². The summed E-state index contributed by atoms with van der Waals surface area (Å²) in [6.07, 6.45) is 10.2. The van der Waals surface area contributed by atoms with Crippen LogP contribution < -0.4 is 10.6 Å². The summed E-state index contributed by atoms with van der Waals surface area (Å²) >= 11 is 7.46. The third kappa shape index (κ3) is 3.13. The van der Waals surface area contributed by atoms with Crippen molar-refractivity contribution in [2.75, 3.05) is 7.11 Å². The predicted molar refractivity (Wildman–Crippen MR) is 103 cm³/mol. The quantitative estimate of drug-likeness (QED) is 0.584. The van der Waals surface area contributed by atoms with E-state index in [9.17, 15) is 0 Å². The number of hydrogen-bond acceptors (Lipinski definition) is 1. The Morgan fingerprint density at radius 2 is 1.48 bits per heavy atom. The van der Waals surface area contributed by atoms with Crippen molar-refractivity contribution in [3.05, 3.63) is 96.8 Å². The summed E-state index contributed by atoms with van der Waals surface area (Å²) in [5.74, 6) is 0. The first-order valence-corrected chi connectivity index (χ1v) is 10.7. The molecule has 0 aromatic heterocycles. The molecule has 3 rings (SSSR count). The molecule has 1 nitrogen and oxygen atoms in total. The average Bonchev–Trinajstić information content (AvgIpc) is 2.63. The number of benzene rings is 2. The molecule has 0 fully saturated rings. The third-order valence-electron chi connectivity index (χ3n) is 4.13. The first-order chi connectivity index (χ1) is 11.3. The van der Waals surface area contributed by atoms with E-state index >= 15 is 0 Å². The fourth-order valence-electron chi connectivity index (χ4n) is 3.05. The molecule has 1 atom stereocenters. The summed E-state index contributed by atoms with van der Waals surface area (Å²) in [5.41, 5.74) is 1.24. The molecule has 118 valence electrons. The monoisotopic (exact) mass is 342 g/mol. The molecule has 2 aromatic rings. The second-order valence-electron chi connectivity index (χ2n) is 5.52. The molecule has 1 aliphatic carbocycles. The molecule has 1 unspecified atom stereocenters. The van der Waals surface area contributed by atoms with Crippen LogP contribution in [0.15, 0.2) is 96.8 Å². The van der Waals surface area contributed by atoms with Gasteiger partial charge in [0.15, 0.2) is 0 Å². The Balaban J connectivity index is 2.19. The average molecular weight is 343 g/mol. The van der Waals surface area contributed by atoms with Crippen molar-refractivity contribution in [2.24, 2.45) is 0 Å². The van der Waals surface area contributed by atoms with Gasteiger partial charge in [0.25, 0.3) is 0 Å². The SMILES string of the molecule is COC=C1C=CC=CC1[PH](Cl)(c1ccccc1)c1ccccc1. The van der Waals surface area contributed by atoms with Crippen LogP contribution >= 0.6 is 17.9 Å². The Labute approximate surface area is 143 Å². The number of halogens is 1. The van der Waals surface area contributed by atoms with Gasteiger partial charge in [-0.25, -0.2) is 0 Å². The van der Waals surface area contributed by atoms with Crippen LogP contribution in [0.5, 0.6) is 0 Å². The van der Waals surface area contributed by atoms with Gasteiger partial charge in [0.1, 0.15) is 0 Å². The molecule has 0 spiro atoms. The number of ether oxygens (including phenoxy) is 1. The van der Waals surface area contributed by atoms with E-state index in [1.54, 1.807) is 13.4 Å². The Hall–Kier alpha value is -1.82. The van der Waals surface area contributed by atoms with E-state index in [1.807, 2.05) is 18.2 Å². The zero-order chi connectivity index (χ0) is 16.1. The van der Waals surface area contributed by atoms with Crippen LogP contribution in [0.25, 0.3) is 0 Å². The molecule has 23 heavy (non-hydrogen) atoms. The number of methoxy groups -OCH3 is 1. The Kier molecular flexibility index (Phi) is 5.00. The Morgan fingerprint density at radius 3 is 2.00 bits per heavy atom. The third-order valence-corrected chi connectivity index (χ3v) is 9.88. The molecule has 2 aromatic carbocycles. The fourth-order valence-corrected chi connectivity index (χ4v) is 7.81. The summed E-state index contributed by atoms with van der Waals surface area (Å²) in [5, 5.41) is 2.42. The second-order valence-corrected chi connectivity index (χ2v) is 10.5. The van der Waals surface area contributed by atoms with Crippen LogP contribution in [0, 0.1) is 0 Å². The molecule has 0 bridgehead atoms. The van der Waals surface area contributed by atoms with E-state index < -0.39 is 6.62 Å². The van der Waals surface area contributed by atoms with Gasteiger partial charge in [0.2, 0.25) is 0 Å².